The molecule has 10 nitrogen and oxygen atoms in total. The molecule has 1 aromatic heterocycles. The van der Waals surface area contributed by atoms with E-state index >= 15 is 0 Å². The van der Waals surface area contributed by atoms with Gasteiger partial charge >= 0.3 is 0 Å². The zero-order chi connectivity index (χ0) is 30.0. The molecule has 0 saturated carbocycles. The minimum Gasteiger partial charge on any atom is -0.492 e. The molecule has 1 amide bonds. The van der Waals surface area contributed by atoms with Gasteiger partial charge in [0, 0.05) is 27.8 Å². The van der Waals surface area contributed by atoms with Crippen LogP contribution in [0.4, 0.5) is 5.69 Å². The highest BCUT2D eigenvalue weighted by Crippen LogP contribution is 2.46. The van der Waals surface area contributed by atoms with Gasteiger partial charge in [0.05, 0.1) is 22.9 Å². The van der Waals surface area contributed by atoms with E-state index in [1.165, 1.54) is 12.1 Å². The van der Waals surface area contributed by atoms with Gasteiger partial charge in [0.15, 0.2) is 17.2 Å². The van der Waals surface area contributed by atoms with Crippen molar-refractivity contribution in [2.45, 2.75) is 50.3 Å². The van der Waals surface area contributed by atoms with E-state index in [1.54, 1.807) is 28.9 Å². The summed E-state index contributed by atoms with van der Waals surface area (Å²) in [5.74, 6) is 1.68. The number of rotatable bonds is 5. The molecule has 0 radical (unpaired) electrons. The van der Waals surface area contributed by atoms with Crippen LogP contribution in [0.5, 0.6) is 17.2 Å². The number of primary sulfonamides is 1. The number of anilines is 1. The second kappa shape index (κ2) is 9.60. The third-order valence-electron chi connectivity index (χ3n) is 7.48. The summed E-state index contributed by atoms with van der Waals surface area (Å²) >= 11 is 0. The zero-order valence-corrected chi connectivity index (χ0v) is 24.8. The van der Waals surface area contributed by atoms with E-state index < -0.39 is 15.9 Å². The van der Waals surface area contributed by atoms with Crippen LogP contribution in [-0.4, -0.2) is 37.5 Å². The van der Waals surface area contributed by atoms with E-state index in [0.717, 1.165) is 22.4 Å². The van der Waals surface area contributed by atoms with Crippen LogP contribution in [0.1, 0.15) is 56.2 Å². The molecule has 0 bridgehead atoms. The lowest BCUT2D eigenvalue weighted by Gasteiger charge is -2.24. The Morgan fingerprint density at radius 2 is 1.69 bits per heavy atom. The number of nitrogens with two attached hydrogens (primary N) is 1. The second-order valence-corrected chi connectivity index (χ2v) is 13.8. The Labute approximate surface area is 244 Å². The standard InChI is InChI=1S/C31H32N4O6S/c1-30(2,3)22-13-19(14-23-28(22)39-16-31(23,4)5)33-29(36)24-15-25(18-6-11-26-27(12-18)41-17-40-26)35(34-24)20-7-9-21(10-8-20)42(32,37)38/h6-15H,16-17H2,1-5H3,(H,33,36)(H2,32,37,38). The first-order valence-electron chi connectivity index (χ1n) is 13.5. The molecule has 0 aliphatic carbocycles. The SMILES string of the molecule is CC(C)(C)c1cc(NC(=O)c2cc(-c3ccc4c(c3)OCO4)n(-c3ccc(S(N)(=O)=O)cc3)n2)cc2c1OCC2(C)C. The molecule has 2 aliphatic rings. The number of benzene rings is 3. The van der Waals surface area contributed by atoms with Gasteiger partial charge in [0.2, 0.25) is 16.8 Å². The van der Waals surface area contributed by atoms with Crippen molar-refractivity contribution in [3.05, 3.63) is 77.5 Å². The summed E-state index contributed by atoms with van der Waals surface area (Å²) in [6, 6.07) is 17.0. The highest BCUT2D eigenvalue weighted by Gasteiger charge is 2.36. The molecule has 11 heteroatoms. The maximum absolute atomic E-state index is 13.7. The van der Waals surface area contributed by atoms with E-state index in [1.807, 2.05) is 24.3 Å². The molecular formula is C31H32N4O6S. The summed E-state index contributed by atoms with van der Waals surface area (Å²) in [7, 11) is -3.87. The average molecular weight is 589 g/mol. The molecule has 3 aromatic carbocycles. The molecular weight excluding hydrogens is 556 g/mol. The van der Waals surface area contributed by atoms with E-state index in [9.17, 15) is 13.2 Å². The van der Waals surface area contributed by atoms with E-state index in [4.69, 9.17) is 19.3 Å². The van der Waals surface area contributed by atoms with Gasteiger partial charge < -0.3 is 19.5 Å². The fraction of sp³-hybridized carbons (Fsp3) is 0.290. The van der Waals surface area contributed by atoms with Crippen LogP contribution in [0, 0.1) is 0 Å². The number of aromatic nitrogens is 2. The van der Waals surface area contributed by atoms with Crippen LogP contribution < -0.4 is 24.7 Å². The van der Waals surface area contributed by atoms with Gasteiger partial charge in [-0.15, -0.1) is 0 Å². The zero-order valence-electron chi connectivity index (χ0n) is 24.0. The number of ether oxygens (including phenoxy) is 3. The molecule has 0 spiro atoms. The number of nitrogens with zero attached hydrogens (tertiary/aromatic N) is 2. The van der Waals surface area contributed by atoms with Crippen molar-refractivity contribution in [2.24, 2.45) is 5.14 Å². The largest absolute Gasteiger partial charge is 0.492 e. The van der Waals surface area contributed by atoms with E-state index in [-0.39, 0.29) is 28.2 Å². The Hall–Kier alpha value is -4.35. The van der Waals surface area contributed by atoms with Gasteiger partial charge in [0.25, 0.3) is 5.91 Å². The summed E-state index contributed by atoms with van der Waals surface area (Å²) in [6.07, 6.45) is 0. The van der Waals surface area contributed by atoms with E-state index in [2.05, 4.69) is 45.0 Å². The number of carbonyl (C=O) groups excluding carboxylic acids is 1. The third kappa shape index (κ3) is 4.99. The molecule has 0 fully saturated rings. The van der Waals surface area contributed by atoms with Crippen molar-refractivity contribution in [3.8, 4) is 34.2 Å². The third-order valence-corrected chi connectivity index (χ3v) is 8.41. The number of sulfonamides is 1. The lowest BCUT2D eigenvalue weighted by atomic mass is 9.80. The summed E-state index contributed by atoms with van der Waals surface area (Å²) in [4.78, 5) is 13.7. The van der Waals surface area contributed by atoms with Gasteiger partial charge in [-0.2, -0.15) is 5.10 Å². The Balaban J connectivity index is 1.41. The highest BCUT2D eigenvalue weighted by atomic mass is 32.2. The quantitative estimate of drug-likeness (QED) is 0.330. The predicted molar refractivity (Wildman–Crippen MR) is 158 cm³/mol. The van der Waals surface area contributed by atoms with Crippen molar-refractivity contribution in [1.82, 2.24) is 9.78 Å². The minimum atomic E-state index is -3.87. The molecule has 6 rings (SSSR count). The van der Waals surface area contributed by atoms with Crippen molar-refractivity contribution in [2.75, 3.05) is 18.7 Å². The fourth-order valence-electron chi connectivity index (χ4n) is 5.17. The number of hydrogen-bond donors (Lipinski definition) is 2. The van der Waals surface area contributed by atoms with Gasteiger partial charge in [-0.25, -0.2) is 18.2 Å². The van der Waals surface area contributed by atoms with Crippen LogP contribution in [0.25, 0.3) is 16.9 Å². The predicted octanol–water partition coefficient (Wildman–Crippen LogP) is 5.14. The molecule has 3 N–H and O–H groups in total. The Bertz CT molecular complexity index is 1840. The molecule has 2 aliphatic heterocycles. The van der Waals surface area contributed by atoms with E-state index in [0.29, 0.717) is 35.2 Å². The normalized spacial score (nSPS) is 15.3. The van der Waals surface area contributed by atoms with Gasteiger partial charge in [0.1, 0.15) is 5.75 Å². The topological polar surface area (TPSA) is 135 Å². The maximum atomic E-state index is 13.7. The van der Waals surface area contributed by atoms with Crippen LogP contribution in [0.15, 0.2) is 65.6 Å². The van der Waals surface area contributed by atoms with Crippen molar-refractivity contribution in [1.29, 1.82) is 0 Å². The summed E-state index contributed by atoms with van der Waals surface area (Å²) < 4.78 is 42.3. The fourth-order valence-corrected chi connectivity index (χ4v) is 5.68. The lowest BCUT2D eigenvalue weighted by molar-refractivity contribution is 0.102. The number of hydrogen-bond acceptors (Lipinski definition) is 7. The first-order valence-corrected chi connectivity index (χ1v) is 15.0. The monoisotopic (exact) mass is 588 g/mol. The average Bonchev–Trinajstić information content (AvgIpc) is 3.64. The van der Waals surface area contributed by atoms with Crippen LogP contribution in [0.3, 0.4) is 0 Å². The summed E-state index contributed by atoms with van der Waals surface area (Å²) in [5, 5.41) is 13.0. The highest BCUT2D eigenvalue weighted by molar-refractivity contribution is 7.89. The number of amides is 1. The first kappa shape index (κ1) is 27.8. The smallest absolute Gasteiger partial charge is 0.276 e. The van der Waals surface area contributed by atoms with Crippen molar-refractivity contribution in [3.63, 3.8) is 0 Å². The van der Waals surface area contributed by atoms with Crippen LogP contribution >= 0.6 is 0 Å². The van der Waals surface area contributed by atoms with Crippen LogP contribution in [0.2, 0.25) is 0 Å². The molecule has 0 atom stereocenters. The molecule has 3 heterocycles. The molecule has 0 saturated heterocycles. The first-order chi connectivity index (χ1) is 19.7. The Morgan fingerprint density at radius 3 is 2.38 bits per heavy atom. The van der Waals surface area contributed by atoms with Crippen molar-refractivity contribution >= 4 is 21.6 Å². The Kier molecular flexibility index (Phi) is 6.36. The molecule has 4 aromatic rings. The summed E-state index contributed by atoms with van der Waals surface area (Å²) in [6.45, 7) is 11.3. The number of nitrogens with one attached hydrogen (secondary N) is 1. The van der Waals surface area contributed by atoms with Gasteiger partial charge in [-0.3, -0.25) is 4.79 Å². The Morgan fingerprint density at radius 1 is 0.976 bits per heavy atom. The van der Waals surface area contributed by atoms with Crippen LogP contribution in [-0.2, 0) is 20.9 Å². The summed E-state index contributed by atoms with van der Waals surface area (Å²) in [5.41, 5.74) is 4.35. The molecule has 218 valence electrons. The van der Waals surface area contributed by atoms with Gasteiger partial charge in [-0.1, -0.05) is 34.6 Å². The maximum Gasteiger partial charge on any atom is 0.276 e. The number of fused-ring (bicyclic) bond motifs is 2. The lowest BCUT2D eigenvalue weighted by Crippen LogP contribution is -2.19. The molecule has 0 unspecified atom stereocenters. The minimum absolute atomic E-state index is 0.0285. The number of carbonyl (C=O) groups is 1. The van der Waals surface area contributed by atoms with Gasteiger partial charge in [-0.05, 0) is 66.1 Å². The molecule has 42 heavy (non-hydrogen) atoms. The van der Waals surface area contributed by atoms with Crippen molar-refractivity contribution < 1.29 is 27.4 Å². The second-order valence-electron chi connectivity index (χ2n) is 12.2.